The lowest BCUT2D eigenvalue weighted by molar-refractivity contribution is -0.127. The molecule has 1 aliphatic rings. The molecule has 126 valence electrons. The highest BCUT2D eigenvalue weighted by molar-refractivity contribution is 9.10. The minimum absolute atomic E-state index is 0.0555. The van der Waals surface area contributed by atoms with Crippen LogP contribution in [-0.4, -0.2) is 34.0 Å². The second kappa shape index (κ2) is 7.25. The fourth-order valence-electron chi connectivity index (χ4n) is 2.77. The van der Waals surface area contributed by atoms with E-state index < -0.39 is 0 Å². The van der Waals surface area contributed by atoms with Crippen LogP contribution in [0.4, 0.5) is 4.39 Å². The Morgan fingerprint density at radius 2 is 2.33 bits per heavy atom. The minimum atomic E-state index is -0.361. The fourth-order valence-corrected chi connectivity index (χ4v) is 3.15. The molecular weight excluding hydrogens is 377 g/mol. The van der Waals surface area contributed by atoms with E-state index >= 15 is 0 Å². The van der Waals surface area contributed by atoms with Crippen LogP contribution >= 0.6 is 15.9 Å². The van der Waals surface area contributed by atoms with Crippen molar-refractivity contribution in [2.24, 2.45) is 0 Å². The lowest BCUT2D eigenvalue weighted by atomic mass is 9.98. The highest BCUT2D eigenvalue weighted by atomic mass is 79.9. The Labute approximate surface area is 147 Å². The van der Waals surface area contributed by atoms with E-state index in [-0.39, 0.29) is 17.6 Å². The van der Waals surface area contributed by atoms with Gasteiger partial charge in [-0.3, -0.25) is 4.79 Å². The largest absolute Gasteiger partial charge is 0.339 e. The Bertz CT molecular complexity index is 775. The van der Waals surface area contributed by atoms with Crippen LogP contribution < -0.4 is 0 Å². The van der Waals surface area contributed by atoms with Gasteiger partial charge in [-0.05, 0) is 44.0 Å². The summed E-state index contributed by atoms with van der Waals surface area (Å²) in [5, 5.41) is 3.81. The number of benzene rings is 1. The Morgan fingerprint density at radius 1 is 1.50 bits per heavy atom. The van der Waals surface area contributed by atoms with Crippen molar-refractivity contribution in [3.8, 4) is 0 Å². The van der Waals surface area contributed by atoms with Crippen LogP contribution in [0.1, 0.15) is 36.0 Å². The van der Waals surface area contributed by atoms with E-state index in [9.17, 15) is 9.18 Å². The smallest absolute Gasteiger partial charge is 0.246 e. The Balaban J connectivity index is 1.68. The van der Waals surface area contributed by atoms with E-state index in [0.29, 0.717) is 30.4 Å². The molecule has 24 heavy (non-hydrogen) atoms. The lowest BCUT2D eigenvalue weighted by Crippen LogP contribution is -2.38. The molecule has 1 fully saturated rings. The van der Waals surface area contributed by atoms with Gasteiger partial charge in [0.2, 0.25) is 11.8 Å². The number of halogens is 2. The van der Waals surface area contributed by atoms with Gasteiger partial charge in [-0.1, -0.05) is 21.1 Å². The summed E-state index contributed by atoms with van der Waals surface area (Å²) in [6.45, 7) is 2.98. The molecule has 3 rings (SSSR count). The normalized spacial score (nSPS) is 18.3. The van der Waals surface area contributed by atoms with Crippen LogP contribution in [-0.2, 0) is 4.79 Å². The number of carbonyl (C=O) groups is 1. The summed E-state index contributed by atoms with van der Waals surface area (Å²) in [4.78, 5) is 18.4. The predicted octanol–water partition coefficient (Wildman–Crippen LogP) is 3.70. The molecule has 1 aliphatic heterocycles. The quantitative estimate of drug-likeness (QED) is 0.745. The van der Waals surface area contributed by atoms with Gasteiger partial charge < -0.3 is 9.42 Å². The standard InChI is InChI=1S/C17H17BrFN3O2/c1-11-20-17(24-21-11)13-3-2-8-22(10-13)16(23)7-4-12-9-14(18)5-6-15(12)19/h4-7,9,13H,2-3,8,10H2,1H3/b7-4+. The minimum Gasteiger partial charge on any atom is -0.339 e. The monoisotopic (exact) mass is 393 g/mol. The summed E-state index contributed by atoms with van der Waals surface area (Å²) in [5.74, 6) is 0.723. The Hall–Kier alpha value is -2.02. The second-order valence-electron chi connectivity index (χ2n) is 5.80. The molecule has 1 atom stereocenters. The van der Waals surface area contributed by atoms with Gasteiger partial charge >= 0.3 is 0 Å². The Morgan fingerprint density at radius 3 is 3.08 bits per heavy atom. The van der Waals surface area contributed by atoms with Crippen molar-refractivity contribution < 1.29 is 13.7 Å². The van der Waals surface area contributed by atoms with Gasteiger partial charge in [0.25, 0.3) is 0 Å². The fraction of sp³-hybridized carbons (Fsp3) is 0.353. The third-order valence-electron chi connectivity index (χ3n) is 3.99. The van der Waals surface area contributed by atoms with Crippen molar-refractivity contribution in [3.63, 3.8) is 0 Å². The van der Waals surface area contributed by atoms with E-state index in [1.165, 1.54) is 18.2 Å². The number of carbonyl (C=O) groups excluding carboxylic acids is 1. The van der Waals surface area contributed by atoms with Gasteiger partial charge in [0.1, 0.15) is 5.82 Å². The van der Waals surface area contributed by atoms with Gasteiger partial charge in [-0.2, -0.15) is 4.98 Å². The number of aromatic nitrogens is 2. The topological polar surface area (TPSA) is 59.2 Å². The van der Waals surface area contributed by atoms with Gasteiger partial charge in [0.05, 0.1) is 5.92 Å². The van der Waals surface area contributed by atoms with Crippen LogP contribution in [0.15, 0.2) is 33.3 Å². The highest BCUT2D eigenvalue weighted by Gasteiger charge is 2.27. The van der Waals surface area contributed by atoms with Gasteiger partial charge in [0.15, 0.2) is 5.82 Å². The molecule has 2 aromatic rings. The molecule has 1 saturated heterocycles. The van der Waals surface area contributed by atoms with E-state index in [2.05, 4.69) is 26.1 Å². The van der Waals surface area contributed by atoms with E-state index in [1.54, 1.807) is 24.0 Å². The summed E-state index contributed by atoms with van der Waals surface area (Å²) < 4.78 is 19.7. The third-order valence-corrected chi connectivity index (χ3v) is 4.48. The molecule has 1 amide bonds. The van der Waals surface area contributed by atoms with Crippen LogP contribution in [0.25, 0.3) is 6.08 Å². The first-order valence-corrected chi connectivity index (χ1v) is 8.54. The van der Waals surface area contributed by atoms with Crippen molar-refractivity contribution in [2.45, 2.75) is 25.7 Å². The first-order chi connectivity index (χ1) is 11.5. The van der Waals surface area contributed by atoms with Crippen LogP contribution in [0.5, 0.6) is 0 Å². The molecule has 1 aromatic carbocycles. The summed E-state index contributed by atoms with van der Waals surface area (Å²) >= 11 is 3.30. The maximum atomic E-state index is 13.7. The average molecular weight is 394 g/mol. The summed E-state index contributed by atoms with van der Waals surface area (Å²) in [6.07, 6.45) is 4.70. The van der Waals surface area contributed by atoms with Crippen molar-refractivity contribution in [3.05, 3.63) is 51.8 Å². The van der Waals surface area contributed by atoms with E-state index in [4.69, 9.17) is 4.52 Å². The lowest BCUT2D eigenvalue weighted by Gasteiger charge is -2.30. The first-order valence-electron chi connectivity index (χ1n) is 7.75. The van der Waals surface area contributed by atoms with Gasteiger partial charge in [-0.25, -0.2) is 4.39 Å². The van der Waals surface area contributed by atoms with Crippen LogP contribution in [0.3, 0.4) is 0 Å². The molecule has 0 N–H and O–H groups in total. The SMILES string of the molecule is Cc1noc(C2CCCN(C(=O)/C=C/c3cc(Br)ccc3F)C2)n1. The van der Waals surface area contributed by atoms with Crippen LogP contribution in [0, 0.1) is 12.7 Å². The molecule has 0 bridgehead atoms. The van der Waals surface area contributed by atoms with Crippen molar-refractivity contribution in [2.75, 3.05) is 13.1 Å². The third kappa shape index (κ3) is 3.90. The Kier molecular flexibility index (Phi) is 5.08. The average Bonchev–Trinajstić information content (AvgIpc) is 3.02. The molecule has 5 nitrogen and oxygen atoms in total. The number of nitrogens with zero attached hydrogens (tertiary/aromatic N) is 3. The van der Waals surface area contributed by atoms with Gasteiger partial charge in [-0.15, -0.1) is 0 Å². The molecule has 0 aliphatic carbocycles. The van der Waals surface area contributed by atoms with Crippen molar-refractivity contribution in [1.82, 2.24) is 15.0 Å². The zero-order valence-electron chi connectivity index (χ0n) is 13.2. The molecule has 0 radical (unpaired) electrons. The number of piperidine rings is 1. The molecule has 0 spiro atoms. The number of hydrogen-bond donors (Lipinski definition) is 0. The molecule has 2 heterocycles. The molecular formula is C17H17BrFN3O2. The number of likely N-dealkylation sites (tertiary alicyclic amines) is 1. The predicted molar refractivity (Wildman–Crippen MR) is 90.7 cm³/mol. The maximum Gasteiger partial charge on any atom is 0.246 e. The summed E-state index contributed by atoms with van der Waals surface area (Å²) in [5.41, 5.74) is 0.374. The van der Waals surface area contributed by atoms with Gasteiger partial charge in [0, 0.05) is 29.2 Å². The second-order valence-corrected chi connectivity index (χ2v) is 6.72. The summed E-state index contributed by atoms with van der Waals surface area (Å²) in [6, 6.07) is 4.62. The molecule has 7 heteroatoms. The first kappa shape index (κ1) is 16.8. The summed E-state index contributed by atoms with van der Waals surface area (Å²) in [7, 11) is 0. The number of aryl methyl sites for hydroxylation is 1. The van der Waals surface area contributed by atoms with Crippen molar-refractivity contribution in [1.29, 1.82) is 0 Å². The highest BCUT2D eigenvalue weighted by Crippen LogP contribution is 2.26. The van der Waals surface area contributed by atoms with E-state index in [0.717, 1.165) is 17.3 Å². The number of amides is 1. The number of rotatable bonds is 3. The zero-order chi connectivity index (χ0) is 17.1. The zero-order valence-corrected chi connectivity index (χ0v) is 14.8. The molecule has 1 unspecified atom stereocenters. The molecule has 1 aromatic heterocycles. The molecule has 0 saturated carbocycles. The van der Waals surface area contributed by atoms with Crippen molar-refractivity contribution >= 4 is 27.9 Å². The maximum absolute atomic E-state index is 13.7. The number of hydrogen-bond acceptors (Lipinski definition) is 4. The van der Waals surface area contributed by atoms with E-state index in [1.807, 2.05) is 0 Å². The van der Waals surface area contributed by atoms with Crippen LogP contribution in [0.2, 0.25) is 0 Å².